The Morgan fingerprint density at radius 1 is 0.931 bits per heavy atom. The smallest absolute Gasteiger partial charge is 0.196 e. The second-order valence-corrected chi connectivity index (χ2v) is 6.79. The quantitative estimate of drug-likeness (QED) is 0.469. The first-order valence-electron chi connectivity index (χ1n) is 9.43. The van der Waals surface area contributed by atoms with E-state index < -0.39 is 0 Å². The summed E-state index contributed by atoms with van der Waals surface area (Å²) in [6, 6.07) is 23.3. The van der Waals surface area contributed by atoms with Crippen molar-refractivity contribution in [1.29, 1.82) is 0 Å². The third-order valence-electron chi connectivity index (χ3n) is 4.77. The molecule has 0 atom stereocenters. The normalized spacial score (nSPS) is 10.4. The van der Waals surface area contributed by atoms with Gasteiger partial charge in [0.1, 0.15) is 11.3 Å². The van der Waals surface area contributed by atoms with E-state index in [1.807, 2.05) is 54.6 Å². The molecule has 0 radical (unpaired) electrons. The maximum atomic E-state index is 13.0. The summed E-state index contributed by atoms with van der Waals surface area (Å²) in [5.41, 5.74) is 4.17. The molecule has 3 heteroatoms. The molecule has 0 aliphatic heterocycles. The molecule has 0 saturated carbocycles. The average molecular weight is 380 g/mol. The van der Waals surface area contributed by atoms with Gasteiger partial charge in [-0.05, 0) is 41.5 Å². The lowest BCUT2D eigenvalue weighted by Crippen LogP contribution is -2.09. The van der Waals surface area contributed by atoms with Gasteiger partial charge >= 0.3 is 0 Å². The third-order valence-corrected chi connectivity index (χ3v) is 4.77. The molecule has 29 heavy (non-hydrogen) atoms. The van der Waals surface area contributed by atoms with Crippen LogP contribution in [-0.2, 0) is 12.8 Å². The summed E-state index contributed by atoms with van der Waals surface area (Å²) in [7, 11) is 1.63. The molecule has 0 spiro atoms. The van der Waals surface area contributed by atoms with Gasteiger partial charge in [-0.2, -0.15) is 0 Å². The van der Waals surface area contributed by atoms with Crippen molar-refractivity contribution in [3.8, 4) is 17.6 Å². The fraction of sp³-hybridized carbons (Fsp3) is 0.115. The molecule has 0 saturated heterocycles. The minimum Gasteiger partial charge on any atom is -0.497 e. The van der Waals surface area contributed by atoms with Crippen LogP contribution in [0.15, 0.2) is 88.3 Å². The number of rotatable bonds is 4. The molecule has 0 unspecified atom stereocenters. The highest BCUT2D eigenvalue weighted by atomic mass is 16.5. The average Bonchev–Trinajstić information content (AvgIpc) is 2.77. The van der Waals surface area contributed by atoms with Crippen LogP contribution >= 0.6 is 0 Å². The Labute approximate surface area is 169 Å². The number of hydrogen-bond acceptors (Lipinski definition) is 3. The molecule has 0 fully saturated rings. The molecule has 3 aromatic carbocycles. The minimum absolute atomic E-state index is 0.0197. The third kappa shape index (κ3) is 4.39. The molecule has 3 nitrogen and oxygen atoms in total. The largest absolute Gasteiger partial charge is 0.497 e. The topological polar surface area (TPSA) is 39.4 Å². The molecule has 142 valence electrons. The highest BCUT2D eigenvalue weighted by Gasteiger charge is 2.08. The summed E-state index contributed by atoms with van der Waals surface area (Å²) in [6.45, 7) is 0. The van der Waals surface area contributed by atoms with Crippen LogP contribution in [0.25, 0.3) is 11.0 Å². The van der Waals surface area contributed by atoms with E-state index in [4.69, 9.17) is 9.15 Å². The first-order valence-corrected chi connectivity index (χ1v) is 9.43. The zero-order chi connectivity index (χ0) is 20.1. The van der Waals surface area contributed by atoms with Crippen molar-refractivity contribution in [1.82, 2.24) is 0 Å². The van der Waals surface area contributed by atoms with Crippen molar-refractivity contribution in [3.05, 3.63) is 112 Å². The van der Waals surface area contributed by atoms with Gasteiger partial charge in [0.2, 0.25) is 0 Å². The van der Waals surface area contributed by atoms with Crippen molar-refractivity contribution in [3.63, 3.8) is 0 Å². The zero-order valence-electron chi connectivity index (χ0n) is 16.1. The molecule has 4 aromatic rings. The van der Waals surface area contributed by atoms with Crippen molar-refractivity contribution in [2.24, 2.45) is 0 Å². The minimum atomic E-state index is -0.0197. The predicted molar refractivity (Wildman–Crippen MR) is 115 cm³/mol. The zero-order valence-corrected chi connectivity index (χ0v) is 16.1. The van der Waals surface area contributed by atoms with E-state index in [1.165, 1.54) is 5.56 Å². The summed E-state index contributed by atoms with van der Waals surface area (Å²) < 4.78 is 10.9. The highest BCUT2D eigenvalue weighted by Crippen LogP contribution is 2.17. The Kier molecular flexibility index (Phi) is 5.45. The van der Waals surface area contributed by atoms with Crippen LogP contribution in [0, 0.1) is 11.8 Å². The lowest BCUT2D eigenvalue weighted by atomic mass is 10.0. The van der Waals surface area contributed by atoms with Gasteiger partial charge in [0.05, 0.1) is 18.8 Å². The number of ether oxygens (including phenoxy) is 1. The molecule has 4 rings (SSSR count). The Bertz CT molecular complexity index is 1240. The van der Waals surface area contributed by atoms with Crippen LogP contribution in [-0.4, -0.2) is 7.11 Å². The summed E-state index contributed by atoms with van der Waals surface area (Å²) >= 11 is 0. The molecule has 1 heterocycles. The van der Waals surface area contributed by atoms with Crippen LogP contribution in [0.4, 0.5) is 0 Å². The summed E-state index contributed by atoms with van der Waals surface area (Å²) in [6.07, 6.45) is 2.73. The SMILES string of the molecule is COc1ccc(Cc2coc3ccc(C#CCc4ccccc4)cc3c2=O)cc1. The molecule has 0 amide bonds. The second kappa shape index (κ2) is 8.50. The van der Waals surface area contributed by atoms with E-state index in [-0.39, 0.29) is 5.43 Å². The molecule has 1 aromatic heterocycles. The Balaban J connectivity index is 1.60. The van der Waals surface area contributed by atoms with E-state index in [1.54, 1.807) is 19.4 Å². The first kappa shape index (κ1) is 18.6. The van der Waals surface area contributed by atoms with Crippen molar-refractivity contribution >= 4 is 11.0 Å². The van der Waals surface area contributed by atoms with E-state index in [0.717, 1.165) is 16.9 Å². The first-order chi connectivity index (χ1) is 14.2. The number of benzene rings is 3. The van der Waals surface area contributed by atoms with Crippen LogP contribution in [0.3, 0.4) is 0 Å². The van der Waals surface area contributed by atoms with Crippen molar-refractivity contribution < 1.29 is 9.15 Å². The van der Waals surface area contributed by atoms with E-state index in [0.29, 0.717) is 29.4 Å². The molecule has 0 aliphatic rings. The number of fused-ring (bicyclic) bond motifs is 1. The summed E-state index contributed by atoms with van der Waals surface area (Å²) in [5, 5.41) is 0.558. The Morgan fingerprint density at radius 3 is 2.48 bits per heavy atom. The van der Waals surface area contributed by atoms with Gasteiger partial charge in [-0.15, -0.1) is 0 Å². The van der Waals surface area contributed by atoms with Gasteiger partial charge in [-0.3, -0.25) is 4.79 Å². The fourth-order valence-electron chi connectivity index (χ4n) is 3.18. The van der Waals surface area contributed by atoms with Crippen LogP contribution < -0.4 is 10.2 Å². The van der Waals surface area contributed by atoms with Crippen LogP contribution in [0.1, 0.15) is 22.3 Å². The van der Waals surface area contributed by atoms with Gasteiger partial charge < -0.3 is 9.15 Å². The Morgan fingerprint density at radius 2 is 1.72 bits per heavy atom. The van der Waals surface area contributed by atoms with Gasteiger partial charge in [-0.25, -0.2) is 0 Å². The molecule has 0 N–H and O–H groups in total. The highest BCUT2D eigenvalue weighted by molar-refractivity contribution is 5.78. The molecule has 0 bridgehead atoms. The van der Waals surface area contributed by atoms with Gasteiger partial charge in [0.25, 0.3) is 0 Å². The van der Waals surface area contributed by atoms with Crippen LogP contribution in [0.5, 0.6) is 5.75 Å². The molecule has 0 aliphatic carbocycles. The maximum absolute atomic E-state index is 13.0. The maximum Gasteiger partial charge on any atom is 0.196 e. The predicted octanol–water partition coefficient (Wildman–Crippen LogP) is 4.99. The van der Waals surface area contributed by atoms with Crippen LogP contribution in [0.2, 0.25) is 0 Å². The van der Waals surface area contributed by atoms with Crippen molar-refractivity contribution in [2.75, 3.05) is 7.11 Å². The summed E-state index contributed by atoms with van der Waals surface area (Å²) in [4.78, 5) is 13.0. The Hall–Kier alpha value is -3.77. The van der Waals surface area contributed by atoms with E-state index in [9.17, 15) is 4.79 Å². The monoisotopic (exact) mass is 380 g/mol. The lowest BCUT2D eigenvalue weighted by molar-refractivity contribution is 0.414. The van der Waals surface area contributed by atoms with E-state index >= 15 is 0 Å². The number of methoxy groups -OCH3 is 1. The molecular weight excluding hydrogens is 360 g/mol. The second-order valence-electron chi connectivity index (χ2n) is 6.79. The van der Waals surface area contributed by atoms with Crippen molar-refractivity contribution in [2.45, 2.75) is 12.8 Å². The fourth-order valence-corrected chi connectivity index (χ4v) is 3.18. The van der Waals surface area contributed by atoms with E-state index in [2.05, 4.69) is 24.0 Å². The lowest BCUT2D eigenvalue weighted by Gasteiger charge is -2.05. The molecular formula is C26H20O3. The summed E-state index contributed by atoms with van der Waals surface area (Å²) in [5.74, 6) is 7.11. The van der Waals surface area contributed by atoms with Gasteiger partial charge in [-0.1, -0.05) is 54.3 Å². The number of hydrogen-bond donors (Lipinski definition) is 0. The van der Waals surface area contributed by atoms with Gasteiger partial charge in [0, 0.05) is 24.0 Å². The van der Waals surface area contributed by atoms with Gasteiger partial charge in [0.15, 0.2) is 5.43 Å². The standard InChI is InChI=1S/C26H20O3/c1-28-23-13-10-21(11-14-23)16-22-18-29-25-15-12-20(17-24(25)26(22)27)9-5-8-19-6-3-2-4-7-19/h2-4,6-7,10-15,17-18H,8,16H2,1H3.